The van der Waals surface area contributed by atoms with Gasteiger partial charge in [-0.1, -0.05) is 6.42 Å². The molecule has 3 atom stereocenters. The molecular weight excluding hydrogens is 401 g/mol. The van der Waals surface area contributed by atoms with Crippen LogP contribution in [0.15, 0.2) is 4.99 Å². The van der Waals surface area contributed by atoms with Gasteiger partial charge in [-0.15, -0.1) is 24.0 Å². The summed E-state index contributed by atoms with van der Waals surface area (Å²) in [4.78, 5) is 4.66. The van der Waals surface area contributed by atoms with E-state index in [1.165, 1.54) is 32.1 Å². The van der Waals surface area contributed by atoms with Gasteiger partial charge in [-0.05, 0) is 70.1 Å². The van der Waals surface area contributed by atoms with E-state index in [9.17, 15) is 0 Å². The lowest BCUT2D eigenvalue weighted by molar-refractivity contribution is 0.144. The summed E-state index contributed by atoms with van der Waals surface area (Å²) in [7, 11) is 0. The smallest absolute Gasteiger partial charge is 0.191 e. The predicted octanol–water partition coefficient (Wildman–Crippen LogP) is 3.80. The lowest BCUT2D eigenvalue weighted by Crippen LogP contribution is -2.38. The first-order valence-corrected chi connectivity index (χ1v) is 9.43. The van der Waals surface area contributed by atoms with Crippen LogP contribution in [0, 0.1) is 17.8 Å². The standard InChI is InChI=1S/C18H35N3O.HI/c1-3-19-18(20-10-5-6-12-22-4-2)21-11-9-17-14-15-7-8-16(17)13-15;/h15-17H,3-14H2,1-2H3,(H2,19,20,21);1H. The zero-order chi connectivity index (χ0) is 15.6. The highest BCUT2D eigenvalue weighted by Crippen LogP contribution is 2.49. The van der Waals surface area contributed by atoms with Gasteiger partial charge >= 0.3 is 0 Å². The number of hydrogen-bond donors (Lipinski definition) is 2. The fraction of sp³-hybridized carbons (Fsp3) is 0.944. The van der Waals surface area contributed by atoms with E-state index in [1.54, 1.807) is 0 Å². The molecular formula is C18H36IN3O. The molecule has 2 aliphatic rings. The van der Waals surface area contributed by atoms with Crippen LogP contribution in [-0.2, 0) is 4.74 Å². The number of ether oxygens (including phenoxy) is 1. The van der Waals surface area contributed by atoms with E-state index in [0.717, 1.165) is 69.4 Å². The summed E-state index contributed by atoms with van der Waals surface area (Å²) in [5, 5.41) is 6.87. The Kier molecular flexibility index (Phi) is 11.3. The molecule has 0 aliphatic heterocycles. The van der Waals surface area contributed by atoms with Crippen molar-refractivity contribution in [3.63, 3.8) is 0 Å². The third-order valence-corrected chi connectivity index (χ3v) is 5.21. The zero-order valence-electron chi connectivity index (χ0n) is 15.0. The van der Waals surface area contributed by atoms with Gasteiger partial charge in [-0.3, -0.25) is 4.99 Å². The molecule has 23 heavy (non-hydrogen) atoms. The minimum atomic E-state index is 0. The number of hydrogen-bond acceptors (Lipinski definition) is 2. The molecule has 3 unspecified atom stereocenters. The Balaban J connectivity index is 0.00000264. The van der Waals surface area contributed by atoms with Crippen LogP contribution in [0.25, 0.3) is 0 Å². The van der Waals surface area contributed by atoms with Crippen molar-refractivity contribution in [1.29, 1.82) is 0 Å². The van der Waals surface area contributed by atoms with E-state index in [2.05, 4.69) is 22.5 Å². The van der Waals surface area contributed by atoms with Gasteiger partial charge in [0.2, 0.25) is 0 Å². The normalized spacial score (nSPS) is 26.2. The van der Waals surface area contributed by atoms with Gasteiger partial charge in [-0.25, -0.2) is 0 Å². The first-order valence-electron chi connectivity index (χ1n) is 9.43. The highest BCUT2D eigenvalue weighted by atomic mass is 127. The fourth-order valence-corrected chi connectivity index (χ4v) is 4.10. The van der Waals surface area contributed by atoms with E-state index in [0.29, 0.717) is 0 Å². The minimum absolute atomic E-state index is 0. The number of guanidine groups is 1. The number of aliphatic imine (C=N–C) groups is 1. The van der Waals surface area contributed by atoms with Crippen molar-refractivity contribution in [1.82, 2.24) is 10.6 Å². The quantitative estimate of drug-likeness (QED) is 0.237. The molecule has 0 aromatic heterocycles. The molecule has 0 heterocycles. The third-order valence-electron chi connectivity index (χ3n) is 5.21. The van der Waals surface area contributed by atoms with Crippen molar-refractivity contribution in [2.24, 2.45) is 22.7 Å². The molecule has 0 aromatic carbocycles. The van der Waals surface area contributed by atoms with Crippen LogP contribution in [0.2, 0.25) is 0 Å². The maximum Gasteiger partial charge on any atom is 0.191 e. The first-order chi connectivity index (χ1) is 10.8. The summed E-state index contributed by atoms with van der Waals surface area (Å²) in [5.41, 5.74) is 0. The van der Waals surface area contributed by atoms with Crippen molar-refractivity contribution >= 4 is 29.9 Å². The van der Waals surface area contributed by atoms with E-state index in [4.69, 9.17) is 4.74 Å². The van der Waals surface area contributed by atoms with E-state index in [1.807, 2.05) is 6.92 Å². The van der Waals surface area contributed by atoms with Crippen LogP contribution in [0.3, 0.4) is 0 Å². The minimum Gasteiger partial charge on any atom is -0.382 e. The second-order valence-corrected chi connectivity index (χ2v) is 6.82. The van der Waals surface area contributed by atoms with Gasteiger partial charge in [0, 0.05) is 32.8 Å². The Bertz CT molecular complexity index is 338. The first kappa shape index (κ1) is 21.0. The number of fused-ring (bicyclic) bond motifs is 2. The molecule has 0 saturated heterocycles. The summed E-state index contributed by atoms with van der Waals surface area (Å²) < 4.78 is 5.35. The Hall–Kier alpha value is -0.0400. The van der Waals surface area contributed by atoms with Crippen LogP contribution < -0.4 is 10.6 Å². The average molecular weight is 437 g/mol. The highest BCUT2D eigenvalue weighted by Gasteiger charge is 2.38. The van der Waals surface area contributed by atoms with Gasteiger partial charge < -0.3 is 15.4 Å². The summed E-state index contributed by atoms with van der Waals surface area (Å²) in [5.74, 6) is 4.05. The zero-order valence-corrected chi connectivity index (χ0v) is 17.3. The maximum atomic E-state index is 5.35. The molecule has 4 nitrogen and oxygen atoms in total. The van der Waals surface area contributed by atoms with Crippen molar-refractivity contribution < 1.29 is 4.74 Å². The molecule has 136 valence electrons. The van der Waals surface area contributed by atoms with E-state index in [-0.39, 0.29) is 24.0 Å². The number of rotatable bonds is 10. The van der Waals surface area contributed by atoms with Crippen molar-refractivity contribution in [2.45, 2.75) is 58.8 Å². The van der Waals surface area contributed by atoms with Gasteiger partial charge in [0.05, 0.1) is 0 Å². The third kappa shape index (κ3) is 7.59. The van der Waals surface area contributed by atoms with Gasteiger partial charge in [0.25, 0.3) is 0 Å². The number of nitrogens with one attached hydrogen (secondary N) is 2. The molecule has 2 bridgehead atoms. The van der Waals surface area contributed by atoms with Crippen molar-refractivity contribution in [3.8, 4) is 0 Å². The van der Waals surface area contributed by atoms with Gasteiger partial charge in [0.1, 0.15) is 0 Å². The molecule has 2 N–H and O–H groups in total. The molecule has 0 aromatic rings. The molecule has 0 spiro atoms. The fourth-order valence-electron chi connectivity index (χ4n) is 4.10. The molecule has 2 saturated carbocycles. The predicted molar refractivity (Wildman–Crippen MR) is 109 cm³/mol. The molecule has 5 heteroatoms. The maximum absolute atomic E-state index is 5.35. The summed E-state index contributed by atoms with van der Waals surface area (Å²) in [6, 6.07) is 0. The molecule has 2 aliphatic carbocycles. The SMILES string of the molecule is CCNC(=NCCCCOCC)NCCC1CC2CCC1C2.I. The largest absolute Gasteiger partial charge is 0.382 e. The summed E-state index contributed by atoms with van der Waals surface area (Å²) in [6.07, 6.45) is 9.50. The van der Waals surface area contributed by atoms with Crippen LogP contribution in [0.1, 0.15) is 58.8 Å². The van der Waals surface area contributed by atoms with E-state index < -0.39 is 0 Å². The molecule has 0 radical (unpaired) electrons. The van der Waals surface area contributed by atoms with Crippen molar-refractivity contribution in [2.75, 3.05) is 32.8 Å². The second-order valence-electron chi connectivity index (χ2n) is 6.82. The number of unbranched alkanes of at least 4 members (excludes halogenated alkanes) is 1. The number of halogens is 1. The van der Waals surface area contributed by atoms with Crippen molar-refractivity contribution in [3.05, 3.63) is 0 Å². The van der Waals surface area contributed by atoms with Crippen LogP contribution in [-0.4, -0.2) is 38.8 Å². The highest BCUT2D eigenvalue weighted by molar-refractivity contribution is 14.0. The molecule has 0 amide bonds. The second kappa shape index (κ2) is 12.3. The lowest BCUT2D eigenvalue weighted by atomic mass is 9.86. The van der Waals surface area contributed by atoms with Gasteiger partial charge in [-0.2, -0.15) is 0 Å². The summed E-state index contributed by atoms with van der Waals surface area (Å²) >= 11 is 0. The van der Waals surface area contributed by atoms with E-state index >= 15 is 0 Å². The number of nitrogens with zero attached hydrogens (tertiary/aromatic N) is 1. The Morgan fingerprint density at radius 3 is 2.65 bits per heavy atom. The monoisotopic (exact) mass is 437 g/mol. The Morgan fingerprint density at radius 2 is 2.00 bits per heavy atom. The average Bonchev–Trinajstić information content (AvgIpc) is 3.13. The topological polar surface area (TPSA) is 45.7 Å². The Labute approximate surface area is 159 Å². The van der Waals surface area contributed by atoms with Crippen LogP contribution in [0.4, 0.5) is 0 Å². The Morgan fingerprint density at radius 1 is 1.13 bits per heavy atom. The molecule has 2 rings (SSSR count). The molecule has 2 fully saturated rings. The summed E-state index contributed by atoms with van der Waals surface area (Å²) in [6.45, 7) is 8.73. The lowest BCUT2D eigenvalue weighted by Gasteiger charge is -2.22. The van der Waals surface area contributed by atoms with Gasteiger partial charge in [0.15, 0.2) is 5.96 Å². The van der Waals surface area contributed by atoms with Crippen LogP contribution in [0.5, 0.6) is 0 Å². The van der Waals surface area contributed by atoms with Crippen LogP contribution >= 0.6 is 24.0 Å².